The van der Waals surface area contributed by atoms with E-state index in [4.69, 9.17) is 4.74 Å². The van der Waals surface area contributed by atoms with Gasteiger partial charge in [0.15, 0.2) is 0 Å². The largest absolute Gasteiger partial charge is 0.489 e. The maximum atomic E-state index is 6.32. The quantitative estimate of drug-likeness (QED) is 0.582. The number of benzene rings is 1. The first-order valence-corrected chi connectivity index (χ1v) is 9.17. The molecule has 2 aliphatic heterocycles. The third kappa shape index (κ3) is 4.25. The van der Waals surface area contributed by atoms with E-state index in [1.54, 1.807) is 0 Å². The first-order valence-electron chi connectivity index (χ1n) is 9.17. The number of ether oxygens (including phenoxy) is 1. The molecule has 2 fully saturated rings. The Labute approximate surface area is 184 Å². The van der Waals surface area contributed by atoms with Gasteiger partial charge in [0.05, 0.1) is 6.20 Å². The van der Waals surface area contributed by atoms with Crippen LogP contribution in [0.5, 0.6) is 5.75 Å². The van der Waals surface area contributed by atoms with Gasteiger partial charge in [0.2, 0.25) is 0 Å². The number of rotatable bonds is 3. The van der Waals surface area contributed by atoms with Gasteiger partial charge in [0.1, 0.15) is 11.9 Å². The Hall–Kier alpha value is -1.46. The van der Waals surface area contributed by atoms with Gasteiger partial charge in [0, 0.05) is 35.6 Å². The number of hydrogen-bond acceptors (Lipinski definition) is 3. The van der Waals surface area contributed by atoms with Gasteiger partial charge in [-0.2, -0.15) is 0 Å². The first kappa shape index (κ1) is 22.8. The number of hydrogen-bond donors (Lipinski definition) is 1. The summed E-state index contributed by atoms with van der Waals surface area (Å²) in [6.45, 7) is 0. The van der Waals surface area contributed by atoms with Crippen molar-refractivity contribution in [1.29, 1.82) is 0 Å². The topological polar surface area (TPSA) is 41.1 Å². The Kier molecular flexibility index (Phi) is 7.63. The van der Waals surface area contributed by atoms with Gasteiger partial charge >= 0.3 is 0 Å². The van der Waals surface area contributed by atoms with Gasteiger partial charge in [-0.15, -0.1) is 37.2 Å². The number of fused-ring (bicyclic) bond motifs is 3. The predicted molar refractivity (Wildman–Crippen MR) is 121 cm³/mol. The summed E-state index contributed by atoms with van der Waals surface area (Å²) in [5, 5.41) is 1.22. The van der Waals surface area contributed by atoms with Gasteiger partial charge in [-0.1, -0.05) is 6.07 Å². The summed E-state index contributed by atoms with van der Waals surface area (Å²) in [7, 11) is 2.26. The number of aromatic amines is 1. The van der Waals surface area contributed by atoms with E-state index >= 15 is 0 Å². The summed E-state index contributed by atoms with van der Waals surface area (Å²) in [5.74, 6) is 0.889. The SMILES string of the molecule is CN1C2CCC1CC(Oc1cncc(-c3ccc4[nH]ccc4c3)c1)C2.Cl.Cl.Cl. The molecule has 1 aromatic carbocycles. The summed E-state index contributed by atoms with van der Waals surface area (Å²) < 4.78 is 6.32. The van der Waals surface area contributed by atoms with E-state index in [-0.39, 0.29) is 37.2 Å². The van der Waals surface area contributed by atoms with Crippen molar-refractivity contribution in [2.24, 2.45) is 0 Å². The van der Waals surface area contributed by atoms with Crippen LogP contribution in [0.4, 0.5) is 0 Å². The molecule has 5 rings (SSSR count). The molecule has 0 radical (unpaired) electrons. The van der Waals surface area contributed by atoms with Crippen molar-refractivity contribution in [3.8, 4) is 16.9 Å². The van der Waals surface area contributed by atoms with E-state index < -0.39 is 0 Å². The van der Waals surface area contributed by atoms with Crippen LogP contribution in [0.3, 0.4) is 0 Å². The summed E-state index contributed by atoms with van der Waals surface area (Å²) >= 11 is 0. The lowest BCUT2D eigenvalue weighted by Crippen LogP contribution is -2.43. The van der Waals surface area contributed by atoms with Crippen molar-refractivity contribution in [1.82, 2.24) is 14.9 Å². The molecule has 7 heteroatoms. The van der Waals surface area contributed by atoms with Gasteiger partial charge < -0.3 is 14.6 Å². The van der Waals surface area contributed by atoms with Crippen LogP contribution >= 0.6 is 37.2 Å². The molecule has 2 aliphatic rings. The van der Waals surface area contributed by atoms with Crippen molar-refractivity contribution in [3.05, 3.63) is 48.9 Å². The summed E-state index contributed by atoms with van der Waals surface area (Å²) in [5.41, 5.74) is 3.44. The third-order valence-electron chi connectivity index (χ3n) is 5.96. The summed E-state index contributed by atoms with van der Waals surface area (Å²) in [6.07, 6.45) is 10.9. The Morgan fingerprint density at radius 3 is 2.46 bits per heavy atom. The average Bonchev–Trinajstić information content (AvgIpc) is 3.16. The molecule has 4 heterocycles. The molecule has 0 amide bonds. The number of piperidine rings is 1. The molecule has 28 heavy (non-hydrogen) atoms. The van der Waals surface area contributed by atoms with E-state index in [0.717, 1.165) is 29.7 Å². The maximum absolute atomic E-state index is 6.32. The van der Waals surface area contributed by atoms with Gasteiger partial charge in [0.25, 0.3) is 0 Å². The van der Waals surface area contributed by atoms with E-state index in [1.165, 1.54) is 23.8 Å². The predicted octanol–water partition coefficient (Wildman–Crippen LogP) is 5.50. The minimum absolute atomic E-state index is 0. The van der Waals surface area contributed by atoms with Gasteiger partial charge in [-0.25, -0.2) is 0 Å². The second-order valence-electron chi connectivity index (χ2n) is 7.45. The van der Waals surface area contributed by atoms with Crippen molar-refractivity contribution in [3.63, 3.8) is 0 Å². The van der Waals surface area contributed by atoms with E-state index in [0.29, 0.717) is 18.2 Å². The number of nitrogens with one attached hydrogen (secondary N) is 1. The molecule has 0 saturated carbocycles. The molecule has 2 atom stereocenters. The van der Waals surface area contributed by atoms with E-state index in [2.05, 4.69) is 52.2 Å². The highest BCUT2D eigenvalue weighted by Gasteiger charge is 2.39. The second kappa shape index (κ2) is 9.36. The van der Waals surface area contributed by atoms with E-state index in [9.17, 15) is 0 Å². The zero-order valence-electron chi connectivity index (χ0n) is 15.7. The molecule has 3 aromatic rings. The molecule has 4 nitrogen and oxygen atoms in total. The first-order chi connectivity index (χ1) is 12.3. The molecule has 0 aliphatic carbocycles. The van der Waals surface area contributed by atoms with Crippen molar-refractivity contribution < 1.29 is 4.74 Å². The van der Waals surface area contributed by atoms with Crippen molar-refractivity contribution in [2.45, 2.75) is 43.9 Å². The fraction of sp³-hybridized carbons (Fsp3) is 0.381. The zero-order chi connectivity index (χ0) is 16.8. The monoisotopic (exact) mass is 441 g/mol. The molecule has 2 unspecified atom stereocenters. The van der Waals surface area contributed by atoms with Gasteiger partial charge in [-0.05, 0) is 67.9 Å². The molecular formula is C21H26Cl3N3O. The fourth-order valence-electron chi connectivity index (χ4n) is 4.52. The lowest BCUT2D eigenvalue weighted by molar-refractivity contribution is 0.0660. The number of H-pyrrole nitrogens is 1. The average molecular weight is 443 g/mol. The van der Waals surface area contributed by atoms with Crippen LogP contribution in [-0.2, 0) is 0 Å². The van der Waals surface area contributed by atoms with Crippen LogP contribution in [-0.4, -0.2) is 40.1 Å². The molecule has 152 valence electrons. The van der Waals surface area contributed by atoms with E-state index in [1.807, 2.05) is 18.6 Å². The van der Waals surface area contributed by atoms with Crippen molar-refractivity contribution in [2.75, 3.05) is 7.05 Å². The van der Waals surface area contributed by atoms with Crippen LogP contribution in [0.2, 0.25) is 0 Å². The molecule has 0 spiro atoms. The number of aromatic nitrogens is 2. The smallest absolute Gasteiger partial charge is 0.138 e. The van der Waals surface area contributed by atoms with Crippen LogP contribution in [0, 0.1) is 0 Å². The van der Waals surface area contributed by atoms with Gasteiger partial charge in [-0.3, -0.25) is 4.98 Å². The minimum Gasteiger partial charge on any atom is -0.489 e. The van der Waals surface area contributed by atoms with Crippen LogP contribution in [0.1, 0.15) is 25.7 Å². The number of halogens is 3. The lowest BCUT2D eigenvalue weighted by atomic mass is 10.0. The number of nitrogens with zero attached hydrogens (tertiary/aromatic N) is 2. The Morgan fingerprint density at radius 2 is 1.71 bits per heavy atom. The standard InChI is InChI=1S/C21H23N3O.3ClH/c1-24-17-3-4-18(24)11-19(10-17)25-20-9-16(12-22-13-20)14-2-5-21-15(8-14)6-7-23-21;;;/h2,5-9,12-13,17-19,23H,3-4,10-11H2,1H3;3*1H. The Bertz CT molecular complexity index is 903. The highest BCUT2D eigenvalue weighted by Crippen LogP contribution is 2.36. The minimum atomic E-state index is 0. The highest BCUT2D eigenvalue weighted by atomic mass is 35.5. The third-order valence-corrected chi connectivity index (χ3v) is 5.96. The van der Waals surface area contributed by atoms with Crippen LogP contribution in [0.25, 0.3) is 22.0 Å². The normalized spacial score (nSPS) is 23.4. The molecule has 1 N–H and O–H groups in total. The number of pyridine rings is 1. The molecule has 2 saturated heterocycles. The molecule has 2 bridgehead atoms. The Morgan fingerprint density at radius 1 is 0.964 bits per heavy atom. The van der Waals surface area contributed by atoms with Crippen LogP contribution < -0.4 is 4.74 Å². The maximum Gasteiger partial charge on any atom is 0.138 e. The second-order valence-corrected chi connectivity index (χ2v) is 7.45. The fourth-order valence-corrected chi connectivity index (χ4v) is 4.52. The Balaban J connectivity index is 0.000000934. The summed E-state index contributed by atoms with van der Waals surface area (Å²) in [4.78, 5) is 10.2. The molecular weight excluding hydrogens is 417 g/mol. The highest BCUT2D eigenvalue weighted by molar-refractivity contribution is 5.86. The van der Waals surface area contributed by atoms with Crippen LogP contribution in [0.15, 0.2) is 48.9 Å². The lowest BCUT2D eigenvalue weighted by Gasteiger charge is -2.36. The zero-order valence-corrected chi connectivity index (χ0v) is 18.2. The summed E-state index contributed by atoms with van der Waals surface area (Å²) in [6, 6.07) is 12.1. The van der Waals surface area contributed by atoms with Crippen molar-refractivity contribution >= 4 is 48.1 Å². The molecule has 2 aromatic heterocycles.